The number of nitrogens with zero attached hydrogens (tertiary/aromatic N) is 1. The summed E-state index contributed by atoms with van der Waals surface area (Å²) in [7, 11) is 0. The van der Waals surface area contributed by atoms with Gasteiger partial charge in [0, 0.05) is 28.0 Å². The summed E-state index contributed by atoms with van der Waals surface area (Å²) in [6.45, 7) is 2.75. The summed E-state index contributed by atoms with van der Waals surface area (Å²) in [6.07, 6.45) is 1.88. The Morgan fingerprint density at radius 1 is 1.29 bits per heavy atom. The van der Waals surface area contributed by atoms with Gasteiger partial charge in [0.1, 0.15) is 0 Å². The number of carbonyl (C=O) groups excluding carboxylic acids is 1. The molecule has 108 valence electrons. The number of rotatable bonds is 1. The average molecular weight is 345 g/mol. The number of hydrogen-bond acceptors (Lipinski definition) is 2. The Bertz CT molecular complexity index is 712. The maximum Gasteiger partial charge on any atom is 0.258 e. The normalized spacial score (nSPS) is 13.9. The third-order valence-corrected chi connectivity index (χ3v) is 4.81. The molecule has 0 saturated carbocycles. The van der Waals surface area contributed by atoms with E-state index in [2.05, 4.69) is 15.9 Å². The van der Waals surface area contributed by atoms with Crippen molar-refractivity contribution < 1.29 is 4.79 Å². The highest BCUT2D eigenvalue weighted by Gasteiger charge is 2.24. The lowest BCUT2D eigenvalue weighted by Crippen LogP contribution is -2.35. The molecule has 0 fully saturated rings. The lowest BCUT2D eigenvalue weighted by Gasteiger charge is -2.30. The molecule has 0 aliphatic carbocycles. The molecule has 2 aromatic rings. The molecule has 2 N–H and O–H groups in total. The molecule has 1 aliphatic heterocycles. The van der Waals surface area contributed by atoms with Crippen molar-refractivity contribution in [2.24, 2.45) is 0 Å². The highest BCUT2D eigenvalue weighted by atomic mass is 79.9. The second-order valence-electron chi connectivity index (χ2n) is 5.37. The molecular weight excluding hydrogens is 328 g/mol. The predicted octanol–water partition coefficient (Wildman–Crippen LogP) is 3.93. The Hall–Kier alpha value is -1.81. The summed E-state index contributed by atoms with van der Waals surface area (Å²) < 4.78 is 0.957. The van der Waals surface area contributed by atoms with Crippen LogP contribution in [0.4, 0.5) is 11.4 Å². The summed E-state index contributed by atoms with van der Waals surface area (Å²) in [6, 6.07) is 11.5. The van der Waals surface area contributed by atoms with Crippen LogP contribution in [0, 0.1) is 6.92 Å². The number of aryl methyl sites for hydroxylation is 1. The molecule has 0 aromatic heterocycles. The third-order valence-electron chi connectivity index (χ3n) is 3.95. The largest absolute Gasteiger partial charge is 0.398 e. The van der Waals surface area contributed by atoms with Crippen molar-refractivity contribution in [3.63, 3.8) is 0 Å². The molecule has 4 heteroatoms. The van der Waals surface area contributed by atoms with Gasteiger partial charge in [0.15, 0.2) is 0 Å². The SMILES string of the molecule is Cc1ccc(C(=O)N2CCCc3c(N)cccc32)cc1Br. The van der Waals surface area contributed by atoms with Crippen LogP contribution < -0.4 is 10.6 Å². The van der Waals surface area contributed by atoms with Gasteiger partial charge in [-0.15, -0.1) is 0 Å². The van der Waals surface area contributed by atoms with E-state index in [4.69, 9.17) is 5.73 Å². The number of nitrogen functional groups attached to an aromatic ring is 1. The summed E-state index contributed by atoms with van der Waals surface area (Å²) in [5.41, 5.74) is 10.7. The van der Waals surface area contributed by atoms with Gasteiger partial charge in [-0.05, 0) is 55.2 Å². The van der Waals surface area contributed by atoms with Gasteiger partial charge in [-0.2, -0.15) is 0 Å². The molecule has 0 radical (unpaired) electrons. The predicted molar refractivity (Wildman–Crippen MR) is 89.7 cm³/mol. The van der Waals surface area contributed by atoms with Crippen molar-refractivity contribution in [2.45, 2.75) is 19.8 Å². The van der Waals surface area contributed by atoms with Crippen LogP contribution in [-0.2, 0) is 6.42 Å². The Kier molecular flexibility index (Phi) is 3.72. The summed E-state index contributed by atoms with van der Waals surface area (Å²) in [5, 5.41) is 0. The topological polar surface area (TPSA) is 46.3 Å². The zero-order chi connectivity index (χ0) is 15.0. The lowest BCUT2D eigenvalue weighted by atomic mass is 9.99. The van der Waals surface area contributed by atoms with Crippen LogP contribution >= 0.6 is 15.9 Å². The third kappa shape index (κ3) is 2.56. The smallest absolute Gasteiger partial charge is 0.258 e. The van der Waals surface area contributed by atoms with Crippen molar-refractivity contribution in [2.75, 3.05) is 17.2 Å². The van der Waals surface area contributed by atoms with Crippen molar-refractivity contribution in [3.05, 3.63) is 57.6 Å². The Morgan fingerprint density at radius 3 is 2.86 bits per heavy atom. The first kappa shape index (κ1) is 14.1. The quantitative estimate of drug-likeness (QED) is 0.796. The molecular formula is C17H17BrN2O. The van der Waals surface area contributed by atoms with E-state index in [-0.39, 0.29) is 5.91 Å². The first-order chi connectivity index (χ1) is 10.1. The van der Waals surface area contributed by atoms with Crippen LogP contribution in [0.25, 0.3) is 0 Å². The van der Waals surface area contributed by atoms with Crippen molar-refractivity contribution in [1.29, 1.82) is 0 Å². The van der Waals surface area contributed by atoms with Crippen LogP contribution in [0.15, 0.2) is 40.9 Å². The molecule has 3 nitrogen and oxygen atoms in total. The number of amides is 1. The standard InChI is InChI=1S/C17H17BrN2O/c1-11-7-8-12(10-14(11)18)17(21)20-9-3-4-13-15(19)5-2-6-16(13)20/h2,5-8,10H,3-4,9,19H2,1H3. The van der Waals surface area contributed by atoms with E-state index >= 15 is 0 Å². The molecule has 1 aliphatic rings. The molecule has 0 unspecified atom stereocenters. The van der Waals surface area contributed by atoms with Gasteiger partial charge < -0.3 is 10.6 Å². The highest BCUT2D eigenvalue weighted by molar-refractivity contribution is 9.10. The second-order valence-corrected chi connectivity index (χ2v) is 6.22. The van der Waals surface area contributed by atoms with Gasteiger partial charge in [-0.1, -0.05) is 28.1 Å². The Morgan fingerprint density at radius 2 is 2.10 bits per heavy atom. The van der Waals surface area contributed by atoms with Gasteiger partial charge in [-0.25, -0.2) is 0 Å². The first-order valence-electron chi connectivity index (χ1n) is 7.03. The molecule has 0 atom stereocenters. The number of nitrogens with two attached hydrogens (primary N) is 1. The number of carbonyl (C=O) groups is 1. The lowest BCUT2D eigenvalue weighted by molar-refractivity contribution is 0.0985. The maximum atomic E-state index is 12.8. The number of halogens is 1. The average Bonchev–Trinajstić information content (AvgIpc) is 2.49. The molecule has 0 spiro atoms. The van der Waals surface area contributed by atoms with E-state index in [0.29, 0.717) is 5.56 Å². The van der Waals surface area contributed by atoms with Crippen LogP contribution in [0.1, 0.15) is 27.9 Å². The van der Waals surface area contributed by atoms with Gasteiger partial charge in [0.25, 0.3) is 5.91 Å². The van der Waals surface area contributed by atoms with Crippen molar-refractivity contribution in [3.8, 4) is 0 Å². The van der Waals surface area contributed by atoms with Crippen LogP contribution in [0.5, 0.6) is 0 Å². The fourth-order valence-electron chi connectivity index (χ4n) is 2.74. The van der Waals surface area contributed by atoms with E-state index < -0.39 is 0 Å². The Labute approximate surface area is 132 Å². The van der Waals surface area contributed by atoms with Crippen LogP contribution in [0.2, 0.25) is 0 Å². The van der Waals surface area contributed by atoms with Crippen LogP contribution in [-0.4, -0.2) is 12.5 Å². The van der Waals surface area contributed by atoms with E-state index in [0.717, 1.165) is 46.4 Å². The van der Waals surface area contributed by atoms with Crippen molar-refractivity contribution >= 4 is 33.2 Å². The maximum absolute atomic E-state index is 12.8. The van der Waals surface area contributed by atoms with E-state index in [1.807, 2.05) is 48.2 Å². The molecule has 2 aromatic carbocycles. The minimum atomic E-state index is 0.0299. The van der Waals surface area contributed by atoms with Gasteiger partial charge in [0.05, 0.1) is 0 Å². The number of anilines is 2. The zero-order valence-corrected chi connectivity index (χ0v) is 13.5. The molecule has 3 rings (SSSR count). The molecule has 1 heterocycles. The molecule has 0 saturated heterocycles. The minimum absolute atomic E-state index is 0.0299. The number of hydrogen-bond donors (Lipinski definition) is 1. The summed E-state index contributed by atoms with van der Waals surface area (Å²) in [5.74, 6) is 0.0299. The fraction of sp³-hybridized carbons (Fsp3) is 0.235. The van der Waals surface area contributed by atoms with Crippen LogP contribution in [0.3, 0.4) is 0 Å². The Balaban J connectivity index is 2.00. The number of fused-ring (bicyclic) bond motifs is 1. The minimum Gasteiger partial charge on any atom is -0.398 e. The highest BCUT2D eigenvalue weighted by Crippen LogP contribution is 2.32. The van der Waals surface area contributed by atoms with E-state index in [1.165, 1.54) is 0 Å². The van der Waals surface area contributed by atoms with E-state index in [9.17, 15) is 4.79 Å². The summed E-state index contributed by atoms with van der Waals surface area (Å²) in [4.78, 5) is 14.6. The summed E-state index contributed by atoms with van der Waals surface area (Å²) >= 11 is 3.49. The van der Waals surface area contributed by atoms with Gasteiger partial charge >= 0.3 is 0 Å². The molecule has 0 bridgehead atoms. The molecule has 1 amide bonds. The fourth-order valence-corrected chi connectivity index (χ4v) is 3.12. The zero-order valence-electron chi connectivity index (χ0n) is 11.9. The molecule has 21 heavy (non-hydrogen) atoms. The van der Waals surface area contributed by atoms with Crippen molar-refractivity contribution in [1.82, 2.24) is 0 Å². The number of benzene rings is 2. The van der Waals surface area contributed by atoms with E-state index in [1.54, 1.807) is 0 Å². The first-order valence-corrected chi connectivity index (χ1v) is 7.82. The monoisotopic (exact) mass is 344 g/mol. The van der Waals surface area contributed by atoms with Gasteiger partial charge in [0.2, 0.25) is 0 Å². The second kappa shape index (κ2) is 5.53. The van der Waals surface area contributed by atoms with Gasteiger partial charge in [-0.3, -0.25) is 4.79 Å².